The zero-order valence-corrected chi connectivity index (χ0v) is 23.9. The molecule has 0 saturated carbocycles. The maximum Gasteiger partial charge on any atom is 0.296 e. The van der Waals surface area contributed by atoms with Crippen molar-refractivity contribution < 1.29 is 19.4 Å². The van der Waals surface area contributed by atoms with Gasteiger partial charge in [-0.05, 0) is 48.1 Å². The first-order valence-electron chi connectivity index (χ1n) is 12.6. The number of ketones is 1. The van der Waals surface area contributed by atoms with Crippen molar-refractivity contribution in [1.82, 2.24) is 10.2 Å². The Morgan fingerprint density at radius 3 is 2.69 bits per heavy atom. The molecule has 1 aliphatic rings. The highest BCUT2D eigenvalue weighted by Gasteiger charge is 2.46. The molecule has 1 amide bonds. The second kappa shape index (κ2) is 12.1. The van der Waals surface area contributed by atoms with Gasteiger partial charge in [0.05, 0.1) is 23.1 Å². The quantitative estimate of drug-likeness (QED) is 0.0875. The van der Waals surface area contributed by atoms with E-state index in [-0.39, 0.29) is 11.4 Å². The standard InChI is InChI=1S/C29H27N3O4S3/c1-3-4-14-36-21-8-5-7-20(16-21)24-23(25(33)22-9-6-15-37-22)26(34)27(35)32(24)28-30-31-29(39-28)38-17-19-12-10-18(2)11-13-19/h5-13,15-16,24,34H,3-4,14,17H2,1-2H3. The van der Waals surface area contributed by atoms with E-state index in [9.17, 15) is 14.7 Å². The lowest BCUT2D eigenvalue weighted by Crippen LogP contribution is -2.31. The summed E-state index contributed by atoms with van der Waals surface area (Å²) < 4.78 is 6.59. The first-order chi connectivity index (χ1) is 19.0. The van der Waals surface area contributed by atoms with Crippen molar-refractivity contribution in [2.75, 3.05) is 11.5 Å². The number of thiophene rings is 1. The normalized spacial score (nSPS) is 15.3. The molecule has 5 rings (SSSR count). The largest absolute Gasteiger partial charge is 0.503 e. The number of ether oxygens (including phenoxy) is 1. The van der Waals surface area contributed by atoms with Gasteiger partial charge in [0.1, 0.15) is 5.75 Å². The van der Waals surface area contributed by atoms with Gasteiger partial charge in [-0.25, -0.2) is 0 Å². The average Bonchev–Trinajstić information content (AvgIpc) is 3.69. The number of carbonyl (C=O) groups is 2. The summed E-state index contributed by atoms with van der Waals surface area (Å²) in [6, 6.07) is 18.2. The Hall–Kier alpha value is -3.47. The van der Waals surface area contributed by atoms with Crippen LogP contribution in [0, 0.1) is 6.92 Å². The first kappa shape index (κ1) is 27.1. The minimum absolute atomic E-state index is 0.0252. The molecule has 1 unspecified atom stereocenters. The van der Waals surface area contributed by atoms with Crippen molar-refractivity contribution in [3.05, 3.63) is 98.9 Å². The number of aliphatic hydroxyl groups excluding tert-OH is 1. The van der Waals surface area contributed by atoms with Crippen LogP contribution < -0.4 is 9.64 Å². The van der Waals surface area contributed by atoms with Gasteiger partial charge in [0.2, 0.25) is 10.9 Å². The molecule has 0 radical (unpaired) electrons. The van der Waals surface area contributed by atoms with Gasteiger partial charge in [0, 0.05) is 5.75 Å². The summed E-state index contributed by atoms with van der Waals surface area (Å²) in [7, 11) is 0. The predicted octanol–water partition coefficient (Wildman–Crippen LogP) is 7.16. The third-order valence-corrected chi connectivity index (χ3v) is 9.22. The van der Waals surface area contributed by atoms with Crippen LogP contribution in [0.15, 0.2) is 81.7 Å². The zero-order chi connectivity index (χ0) is 27.4. The number of hydrogen-bond acceptors (Lipinski definition) is 9. The number of benzene rings is 2. The van der Waals surface area contributed by atoms with Crippen LogP contribution in [0.1, 0.15) is 52.2 Å². The number of aromatic nitrogens is 2. The van der Waals surface area contributed by atoms with Gasteiger partial charge in [0.25, 0.3) is 5.91 Å². The fourth-order valence-corrected chi connectivity index (χ4v) is 6.69. The van der Waals surface area contributed by atoms with Gasteiger partial charge in [-0.1, -0.05) is 84.5 Å². The van der Waals surface area contributed by atoms with Gasteiger partial charge in [0.15, 0.2) is 10.1 Å². The maximum absolute atomic E-state index is 13.6. The summed E-state index contributed by atoms with van der Waals surface area (Å²) in [6.45, 7) is 4.70. The number of amides is 1. The SMILES string of the molecule is CCCCOc1cccc(C2C(C(=O)c3cccs3)=C(O)C(=O)N2c2nnc(SCc3ccc(C)cc3)s2)c1. The van der Waals surface area contributed by atoms with E-state index in [1.54, 1.807) is 17.5 Å². The molecule has 10 heteroatoms. The van der Waals surface area contributed by atoms with Crippen molar-refractivity contribution >= 4 is 51.3 Å². The van der Waals surface area contributed by atoms with E-state index in [0.717, 1.165) is 18.4 Å². The number of hydrogen-bond donors (Lipinski definition) is 1. The Kier molecular flexibility index (Phi) is 8.44. The molecule has 0 bridgehead atoms. The Labute approximate surface area is 239 Å². The van der Waals surface area contributed by atoms with E-state index < -0.39 is 17.7 Å². The summed E-state index contributed by atoms with van der Waals surface area (Å²) in [5, 5.41) is 21.7. The molecule has 4 aromatic rings. The molecule has 1 aliphatic heterocycles. The summed E-state index contributed by atoms with van der Waals surface area (Å²) >= 11 is 4.04. The van der Waals surface area contributed by atoms with Crippen LogP contribution in [0.25, 0.3) is 0 Å². The minimum atomic E-state index is -0.871. The van der Waals surface area contributed by atoms with Crippen molar-refractivity contribution in [3.63, 3.8) is 0 Å². The van der Waals surface area contributed by atoms with E-state index in [0.29, 0.717) is 38.0 Å². The van der Waals surface area contributed by atoms with Crippen LogP contribution >= 0.6 is 34.4 Å². The maximum atomic E-state index is 13.6. The Bertz CT molecular complexity index is 1500. The highest BCUT2D eigenvalue weighted by atomic mass is 32.2. The fraction of sp³-hybridized carbons (Fsp3) is 0.241. The Morgan fingerprint density at radius 2 is 1.95 bits per heavy atom. The highest BCUT2D eigenvalue weighted by Crippen LogP contribution is 2.44. The van der Waals surface area contributed by atoms with Crippen LogP contribution in [0.3, 0.4) is 0 Å². The number of thioether (sulfide) groups is 1. The average molecular weight is 578 g/mol. The van der Waals surface area contributed by atoms with Crippen molar-refractivity contribution in [2.24, 2.45) is 0 Å². The topological polar surface area (TPSA) is 92.6 Å². The summed E-state index contributed by atoms with van der Waals surface area (Å²) in [5.74, 6) is -0.300. The third-order valence-electron chi connectivity index (χ3n) is 6.22. The number of Topliss-reactive ketones (excluding diaryl/α,β-unsaturated/α-hetero) is 1. The second-order valence-electron chi connectivity index (χ2n) is 9.05. The summed E-state index contributed by atoms with van der Waals surface area (Å²) in [5.41, 5.74) is 3.02. The van der Waals surface area contributed by atoms with E-state index >= 15 is 0 Å². The van der Waals surface area contributed by atoms with E-state index in [1.807, 2.05) is 31.2 Å². The molecule has 3 heterocycles. The second-order valence-corrected chi connectivity index (χ2v) is 12.2. The Morgan fingerprint density at radius 1 is 1.13 bits per heavy atom. The van der Waals surface area contributed by atoms with Gasteiger partial charge in [-0.2, -0.15) is 0 Å². The third kappa shape index (κ3) is 5.93. The monoisotopic (exact) mass is 577 g/mol. The van der Waals surface area contributed by atoms with Gasteiger partial charge >= 0.3 is 0 Å². The molecule has 2 aromatic heterocycles. The van der Waals surface area contributed by atoms with Gasteiger partial charge in [-0.15, -0.1) is 21.5 Å². The number of aryl methyl sites for hydroxylation is 1. The molecule has 0 saturated heterocycles. The predicted molar refractivity (Wildman–Crippen MR) is 156 cm³/mol. The van der Waals surface area contributed by atoms with E-state index in [4.69, 9.17) is 4.74 Å². The highest BCUT2D eigenvalue weighted by molar-refractivity contribution is 8.00. The molecule has 0 fully saturated rings. The number of nitrogens with zero attached hydrogens (tertiary/aromatic N) is 3. The smallest absolute Gasteiger partial charge is 0.296 e. The number of aliphatic hydroxyl groups is 1. The van der Waals surface area contributed by atoms with Crippen molar-refractivity contribution in [3.8, 4) is 5.75 Å². The lowest BCUT2D eigenvalue weighted by molar-refractivity contribution is -0.117. The molecule has 1 N–H and O–H groups in total. The number of rotatable bonds is 11. The van der Waals surface area contributed by atoms with E-state index in [2.05, 4.69) is 41.4 Å². The molecule has 200 valence electrons. The molecule has 0 spiro atoms. The Balaban J connectivity index is 1.47. The molecule has 0 aliphatic carbocycles. The number of unbranched alkanes of at least 4 members (excludes halogenated alkanes) is 1. The van der Waals surface area contributed by atoms with Crippen molar-refractivity contribution in [1.29, 1.82) is 0 Å². The number of anilines is 1. The van der Waals surface area contributed by atoms with E-state index in [1.165, 1.54) is 44.9 Å². The van der Waals surface area contributed by atoms with Crippen LogP contribution in [0.5, 0.6) is 5.75 Å². The lowest BCUT2D eigenvalue weighted by Gasteiger charge is -2.24. The van der Waals surface area contributed by atoms with Gasteiger partial charge < -0.3 is 9.84 Å². The fourth-order valence-electron chi connectivity index (χ4n) is 4.19. The molecule has 7 nitrogen and oxygen atoms in total. The van der Waals surface area contributed by atoms with Crippen LogP contribution in [-0.4, -0.2) is 33.6 Å². The molecular weight excluding hydrogens is 551 g/mol. The zero-order valence-electron chi connectivity index (χ0n) is 21.5. The van der Waals surface area contributed by atoms with Crippen LogP contribution in [-0.2, 0) is 10.5 Å². The molecule has 2 aromatic carbocycles. The lowest BCUT2D eigenvalue weighted by atomic mass is 9.95. The van der Waals surface area contributed by atoms with Crippen LogP contribution in [0.2, 0.25) is 0 Å². The summed E-state index contributed by atoms with van der Waals surface area (Å²) in [6.07, 6.45) is 1.91. The first-order valence-corrected chi connectivity index (χ1v) is 15.2. The molecule has 1 atom stereocenters. The van der Waals surface area contributed by atoms with Crippen LogP contribution in [0.4, 0.5) is 5.13 Å². The molecule has 39 heavy (non-hydrogen) atoms. The van der Waals surface area contributed by atoms with Crippen molar-refractivity contribution in [2.45, 2.75) is 42.8 Å². The summed E-state index contributed by atoms with van der Waals surface area (Å²) in [4.78, 5) is 28.8. The van der Waals surface area contributed by atoms with Gasteiger partial charge in [-0.3, -0.25) is 14.5 Å². The molecular formula is C29H27N3O4S3. The minimum Gasteiger partial charge on any atom is -0.503 e. The number of carbonyl (C=O) groups excluding carboxylic acids is 2.